The van der Waals surface area contributed by atoms with Gasteiger partial charge in [0, 0.05) is 26.1 Å². The number of unbranched alkanes of at least 4 members (excludes halogenated alkanes) is 4. The van der Waals surface area contributed by atoms with Gasteiger partial charge in [-0.15, -0.1) is 13.2 Å². The number of alkyl carbamates (subject to hydrolysis) is 1. The molecule has 1 rings (SSSR count). The van der Waals surface area contributed by atoms with Crippen LogP contribution in [0.15, 0.2) is 55.6 Å². The number of carbonyl (C=O) groups is 4. The van der Waals surface area contributed by atoms with E-state index in [1.165, 1.54) is 0 Å². The first-order chi connectivity index (χ1) is 18.8. The molecule has 3 N–H and O–H groups in total. The summed E-state index contributed by atoms with van der Waals surface area (Å²) in [5.41, 5.74) is 0.893. The Kier molecular flexibility index (Phi) is 17.4. The molecule has 0 aromatic heterocycles. The number of hydrogen-bond donors (Lipinski definition) is 3. The summed E-state index contributed by atoms with van der Waals surface area (Å²) < 4.78 is 5.20. The number of ether oxygens (including phenoxy) is 1. The van der Waals surface area contributed by atoms with E-state index in [-0.39, 0.29) is 18.9 Å². The van der Waals surface area contributed by atoms with Crippen molar-refractivity contribution < 1.29 is 29.0 Å². The highest BCUT2D eigenvalue weighted by Crippen LogP contribution is 2.16. The second-order valence-corrected chi connectivity index (χ2v) is 9.60. The third kappa shape index (κ3) is 15.4. The number of carboxylic acids is 1. The first kappa shape index (κ1) is 33.4. The number of benzene rings is 1. The zero-order valence-electron chi connectivity index (χ0n) is 23.2. The number of aliphatic carboxylic acids is 1. The van der Waals surface area contributed by atoms with Crippen molar-refractivity contribution in [3.63, 3.8) is 0 Å². The van der Waals surface area contributed by atoms with Crippen LogP contribution < -0.4 is 10.6 Å². The van der Waals surface area contributed by atoms with Crippen LogP contribution in [0.2, 0.25) is 0 Å². The molecule has 1 aromatic rings. The number of hydrogen-bond acceptors (Lipinski definition) is 5. The van der Waals surface area contributed by atoms with Crippen LogP contribution in [0.3, 0.4) is 0 Å². The Labute approximate surface area is 232 Å². The van der Waals surface area contributed by atoms with Crippen molar-refractivity contribution in [2.75, 3.05) is 20.1 Å². The van der Waals surface area contributed by atoms with Gasteiger partial charge in [-0.3, -0.25) is 14.4 Å². The Bertz CT molecular complexity index is 905. The summed E-state index contributed by atoms with van der Waals surface area (Å²) >= 11 is 0. The minimum atomic E-state index is -1.05. The second-order valence-electron chi connectivity index (χ2n) is 9.60. The van der Waals surface area contributed by atoms with Gasteiger partial charge in [-0.1, -0.05) is 42.5 Å². The van der Waals surface area contributed by atoms with Crippen LogP contribution >= 0.6 is 0 Å². The largest absolute Gasteiger partial charge is 0.481 e. The Hall–Kier alpha value is -3.62. The van der Waals surface area contributed by atoms with Gasteiger partial charge < -0.3 is 25.4 Å². The summed E-state index contributed by atoms with van der Waals surface area (Å²) in [6.45, 7) is 8.47. The zero-order valence-corrected chi connectivity index (χ0v) is 23.2. The molecule has 0 aliphatic carbocycles. The van der Waals surface area contributed by atoms with E-state index in [0.29, 0.717) is 51.6 Å². The van der Waals surface area contributed by atoms with Crippen molar-refractivity contribution in [2.45, 2.75) is 76.9 Å². The summed E-state index contributed by atoms with van der Waals surface area (Å²) in [5.74, 6) is -2.42. The number of nitrogens with zero attached hydrogens (tertiary/aromatic N) is 1. The monoisotopic (exact) mass is 543 g/mol. The van der Waals surface area contributed by atoms with E-state index in [1.807, 2.05) is 36.4 Å². The summed E-state index contributed by atoms with van der Waals surface area (Å²) in [5, 5.41) is 14.8. The Morgan fingerprint density at radius 3 is 2.33 bits per heavy atom. The molecule has 3 amide bonds. The Morgan fingerprint density at radius 1 is 0.974 bits per heavy atom. The molecule has 9 nitrogen and oxygen atoms in total. The molecule has 9 heteroatoms. The minimum Gasteiger partial charge on any atom is -0.481 e. The molecular formula is C30H45N3O6. The van der Waals surface area contributed by atoms with Crippen molar-refractivity contribution in [2.24, 2.45) is 5.92 Å². The van der Waals surface area contributed by atoms with E-state index < -0.39 is 29.9 Å². The molecule has 0 unspecified atom stereocenters. The average molecular weight is 544 g/mol. The lowest BCUT2D eigenvalue weighted by molar-refractivity contribution is -0.142. The fourth-order valence-corrected chi connectivity index (χ4v) is 4.04. The van der Waals surface area contributed by atoms with Gasteiger partial charge in [0.15, 0.2) is 0 Å². The summed E-state index contributed by atoms with van der Waals surface area (Å²) in [6, 6.07) is 8.60. The van der Waals surface area contributed by atoms with Gasteiger partial charge in [-0.05, 0) is 63.4 Å². The number of rotatable bonds is 21. The predicted octanol–water partition coefficient (Wildman–Crippen LogP) is 4.83. The molecule has 39 heavy (non-hydrogen) atoms. The lowest BCUT2D eigenvalue weighted by atomic mass is 9.96. The summed E-state index contributed by atoms with van der Waals surface area (Å²) in [7, 11) is 1.71. The molecule has 216 valence electrons. The number of amides is 3. The number of likely N-dealkylation sites (N-methyl/N-ethyl adjacent to an activating group) is 1. The molecule has 0 bridgehead atoms. The van der Waals surface area contributed by atoms with Crippen LogP contribution in [0.4, 0.5) is 4.79 Å². The van der Waals surface area contributed by atoms with Crippen molar-refractivity contribution in [3.8, 4) is 0 Å². The highest BCUT2D eigenvalue weighted by atomic mass is 16.5. The van der Waals surface area contributed by atoms with Gasteiger partial charge in [0.05, 0.1) is 6.42 Å². The highest BCUT2D eigenvalue weighted by molar-refractivity contribution is 5.89. The minimum absolute atomic E-state index is 0.179. The van der Waals surface area contributed by atoms with Crippen LogP contribution in [0.1, 0.15) is 69.8 Å². The highest BCUT2D eigenvalue weighted by Gasteiger charge is 2.28. The molecule has 0 saturated carbocycles. The molecule has 0 fully saturated rings. The Balaban J connectivity index is 2.66. The lowest BCUT2D eigenvalue weighted by Gasteiger charge is -2.26. The van der Waals surface area contributed by atoms with Crippen molar-refractivity contribution >= 4 is 23.9 Å². The maximum Gasteiger partial charge on any atom is 0.407 e. The maximum atomic E-state index is 13.2. The number of carboxylic acid groups (broad SMARTS) is 1. The van der Waals surface area contributed by atoms with E-state index in [2.05, 4.69) is 23.8 Å². The van der Waals surface area contributed by atoms with E-state index in [4.69, 9.17) is 4.74 Å². The average Bonchev–Trinajstić information content (AvgIpc) is 2.92. The van der Waals surface area contributed by atoms with Crippen LogP contribution in [0, 0.1) is 5.92 Å². The van der Waals surface area contributed by atoms with Crippen molar-refractivity contribution in [3.05, 3.63) is 61.2 Å². The third-order valence-corrected chi connectivity index (χ3v) is 6.30. The quantitative estimate of drug-likeness (QED) is 0.151. The standard InChI is InChI=1S/C30H45N3O6/c1-4-6-8-15-21-33(3)29(37)26(32-28(36)25(22-27(34)35)18-10-7-5-2)19-13-14-20-31-30(38)39-23-24-16-11-9-12-17-24/h4-5,9,11-12,16-17,25-26H,1-2,6-8,10,13-15,18-23H2,3H3,(H,31,38)(H,32,36)(H,34,35)/t25-,26+/m1/s1. The molecule has 1 aromatic carbocycles. The third-order valence-electron chi connectivity index (χ3n) is 6.30. The zero-order chi connectivity index (χ0) is 28.9. The molecule has 0 radical (unpaired) electrons. The molecule has 0 spiro atoms. The number of carbonyl (C=O) groups excluding carboxylic acids is 3. The summed E-state index contributed by atoms with van der Waals surface area (Å²) in [4.78, 5) is 51.1. The van der Waals surface area contributed by atoms with Gasteiger partial charge >= 0.3 is 12.1 Å². The predicted molar refractivity (Wildman–Crippen MR) is 152 cm³/mol. The topological polar surface area (TPSA) is 125 Å². The molecule has 0 aliphatic heterocycles. The summed E-state index contributed by atoms with van der Waals surface area (Å²) in [6.07, 6.45) is 8.59. The number of nitrogens with one attached hydrogen (secondary N) is 2. The molecular weight excluding hydrogens is 498 g/mol. The van der Waals surface area contributed by atoms with Crippen LogP contribution in [0.25, 0.3) is 0 Å². The van der Waals surface area contributed by atoms with Crippen molar-refractivity contribution in [1.82, 2.24) is 15.5 Å². The van der Waals surface area contributed by atoms with Crippen LogP contribution in [-0.2, 0) is 25.7 Å². The first-order valence-electron chi connectivity index (χ1n) is 13.7. The van der Waals surface area contributed by atoms with Gasteiger partial charge in [0.1, 0.15) is 12.6 Å². The van der Waals surface area contributed by atoms with E-state index in [1.54, 1.807) is 18.0 Å². The normalized spacial score (nSPS) is 12.0. The SMILES string of the molecule is C=CCCCCN(C)C(=O)[C@H](CCCCNC(=O)OCc1ccccc1)NC(=O)[C@H](CCCC=C)CC(=O)O. The fourth-order valence-electron chi connectivity index (χ4n) is 4.04. The van der Waals surface area contributed by atoms with Crippen molar-refractivity contribution in [1.29, 1.82) is 0 Å². The Morgan fingerprint density at radius 2 is 1.67 bits per heavy atom. The van der Waals surface area contributed by atoms with Gasteiger partial charge in [-0.2, -0.15) is 0 Å². The second kappa shape index (κ2) is 20.4. The number of allylic oxidation sites excluding steroid dienone is 2. The van der Waals surface area contributed by atoms with Gasteiger partial charge in [0.2, 0.25) is 11.8 Å². The smallest absolute Gasteiger partial charge is 0.407 e. The maximum absolute atomic E-state index is 13.2. The molecule has 0 saturated heterocycles. The molecule has 0 heterocycles. The fraction of sp³-hybridized carbons (Fsp3) is 0.533. The lowest BCUT2D eigenvalue weighted by Crippen LogP contribution is -2.49. The first-order valence-corrected chi connectivity index (χ1v) is 13.7. The van der Waals surface area contributed by atoms with Crippen LogP contribution in [0.5, 0.6) is 0 Å². The van der Waals surface area contributed by atoms with E-state index in [0.717, 1.165) is 24.8 Å². The van der Waals surface area contributed by atoms with E-state index >= 15 is 0 Å². The van der Waals surface area contributed by atoms with Gasteiger partial charge in [0.25, 0.3) is 0 Å². The van der Waals surface area contributed by atoms with E-state index in [9.17, 15) is 24.3 Å². The van der Waals surface area contributed by atoms with Gasteiger partial charge in [-0.25, -0.2) is 4.79 Å². The molecule has 2 atom stereocenters. The van der Waals surface area contributed by atoms with Crippen LogP contribution in [-0.4, -0.2) is 60.1 Å². The molecule has 0 aliphatic rings.